The minimum Gasteiger partial charge on any atom is -0.507 e. The standard InChI is InChI=1S/C26H20O4/c27-25-20(12-7-13-24(25)26(28)29)17-30-23-15-21(18-8-3-1-4-9-18)14-22(16-23)19-10-5-2-6-11-19/h1-16,27H,17H2,(H,28,29). The van der Waals surface area contributed by atoms with Gasteiger partial charge in [-0.1, -0.05) is 72.8 Å². The quantitative estimate of drug-likeness (QED) is 0.419. The summed E-state index contributed by atoms with van der Waals surface area (Å²) in [6.07, 6.45) is 0. The van der Waals surface area contributed by atoms with Crippen molar-refractivity contribution >= 4 is 5.97 Å². The van der Waals surface area contributed by atoms with Crippen molar-refractivity contribution in [1.82, 2.24) is 0 Å². The molecule has 0 aliphatic heterocycles. The molecule has 0 aliphatic carbocycles. The summed E-state index contributed by atoms with van der Waals surface area (Å²) in [5.41, 5.74) is 4.43. The molecule has 0 bridgehead atoms. The highest BCUT2D eigenvalue weighted by atomic mass is 16.5. The first-order valence-corrected chi connectivity index (χ1v) is 9.55. The van der Waals surface area contributed by atoms with E-state index in [1.54, 1.807) is 12.1 Å². The van der Waals surface area contributed by atoms with Gasteiger partial charge in [0.15, 0.2) is 0 Å². The third-order valence-corrected chi connectivity index (χ3v) is 4.87. The van der Waals surface area contributed by atoms with E-state index in [0.29, 0.717) is 11.3 Å². The monoisotopic (exact) mass is 396 g/mol. The summed E-state index contributed by atoms with van der Waals surface area (Å²) in [7, 11) is 0. The van der Waals surface area contributed by atoms with Gasteiger partial charge in [0.1, 0.15) is 23.7 Å². The molecule has 0 atom stereocenters. The smallest absolute Gasteiger partial charge is 0.339 e. The normalized spacial score (nSPS) is 10.5. The Bertz CT molecular complexity index is 1110. The van der Waals surface area contributed by atoms with E-state index in [2.05, 4.69) is 6.07 Å². The molecular weight excluding hydrogens is 376 g/mol. The lowest BCUT2D eigenvalue weighted by atomic mass is 9.98. The second-order valence-electron chi connectivity index (χ2n) is 6.89. The summed E-state index contributed by atoms with van der Waals surface area (Å²) in [5.74, 6) is -0.811. The van der Waals surface area contributed by atoms with Gasteiger partial charge >= 0.3 is 5.97 Å². The lowest BCUT2D eigenvalue weighted by Crippen LogP contribution is -2.02. The van der Waals surface area contributed by atoms with Crippen molar-refractivity contribution in [2.24, 2.45) is 0 Å². The molecule has 0 saturated heterocycles. The molecule has 4 aromatic rings. The highest BCUT2D eigenvalue weighted by molar-refractivity contribution is 5.91. The largest absolute Gasteiger partial charge is 0.507 e. The molecule has 30 heavy (non-hydrogen) atoms. The maximum atomic E-state index is 11.3. The van der Waals surface area contributed by atoms with Gasteiger partial charge in [-0.2, -0.15) is 0 Å². The molecule has 148 valence electrons. The Balaban J connectivity index is 1.69. The van der Waals surface area contributed by atoms with Crippen molar-refractivity contribution in [3.63, 3.8) is 0 Å². The zero-order valence-corrected chi connectivity index (χ0v) is 16.2. The number of hydrogen-bond acceptors (Lipinski definition) is 3. The van der Waals surface area contributed by atoms with E-state index in [-0.39, 0.29) is 17.9 Å². The van der Waals surface area contributed by atoms with Crippen molar-refractivity contribution < 1.29 is 19.7 Å². The van der Waals surface area contributed by atoms with Crippen LogP contribution < -0.4 is 4.74 Å². The molecule has 4 nitrogen and oxygen atoms in total. The van der Waals surface area contributed by atoms with Crippen LogP contribution in [-0.4, -0.2) is 16.2 Å². The summed E-state index contributed by atoms with van der Waals surface area (Å²) in [6, 6.07) is 30.7. The summed E-state index contributed by atoms with van der Waals surface area (Å²) >= 11 is 0. The van der Waals surface area contributed by atoms with Crippen molar-refractivity contribution in [2.45, 2.75) is 6.61 Å². The molecule has 0 aromatic heterocycles. The fraction of sp³-hybridized carbons (Fsp3) is 0.0385. The lowest BCUT2D eigenvalue weighted by Gasteiger charge is -2.13. The summed E-state index contributed by atoms with van der Waals surface area (Å²) in [4.78, 5) is 11.3. The zero-order chi connectivity index (χ0) is 20.9. The first kappa shape index (κ1) is 19.3. The number of carboxylic acids is 1. The first-order valence-electron chi connectivity index (χ1n) is 9.55. The van der Waals surface area contributed by atoms with Crippen LogP contribution in [0.2, 0.25) is 0 Å². The van der Waals surface area contributed by atoms with Crippen LogP contribution in [0, 0.1) is 0 Å². The van der Waals surface area contributed by atoms with Gasteiger partial charge in [0.05, 0.1) is 0 Å². The average Bonchev–Trinajstić information content (AvgIpc) is 2.79. The SMILES string of the molecule is O=C(O)c1cccc(COc2cc(-c3ccccc3)cc(-c3ccccc3)c2)c1O. The van der Waals surface area contributed by atoms with E-state index < -0.39 is 5.97 Å². The van der Waals surface area contributed by atoms with Crippen molar-refractivity contribution in [3.05, 3.63) is 108 Å². The van der Waals surface area contributed by atoms with Crippen LogP contribution in [0.25, 0.3) is 22.3 Å². The van der Waals surface area contributed by atoms with Crippen molar-refractivity contribution in [1.29, 1.82) is 0 Å². The van der Waals surface area contributed by atoms with Gasteiger partial charge in [0, 0.05) is 5.56 Å². The van der Waals surface area contributed by atoms with Crippen LogP contribution in [0.4, 0.5) is 0 Å². The van der Waals surface area contributed by atoms with E-state index >= 15 is 0 Å². The van der Waals surface area contributed by atoms with Gasteiger partial charge in [-0.25, -0.2) is 4.79 Å². The number of carbonyl (C=O) groups is 1. The molecular formula is C26H20O4. The Morgan fingerprint density at radius 3 is 1.80 bits per heavy atom. The van der Waals surface area contributed by atoms with Gasteiger partial charge in [-0.15, -0.1) is 0 Å². The molecule has 0 saturated carbocycles. The van der Waals surface area contributed by atoms with E-state index in [4.69, 9.17) is 4.74 Å². The maximum Gasteiger partial charge on any atom is 0.339 e. The summed E-state index contributed by atoms with van der Waals surface area (Å²) in [5, 5.41) is 19.4. The predicted octanol–water partition coefficient (Wildman–Crippen LogP) is 6.00. The number of ether oxygens (including phenoxy) is 1. The van der Waals surface area contributed by atoms with E-state index in [1.807, 2.05) is 72.8 Å². The Morgan fingerprint density at radius 2 is 1.27 bits per heavy atom. The van der Waals surface area contributed by atoms with Crippen LogP contribution in [0.15, 0.2) is 97.1 Å². The number of rotatable bonds is 6. The second-order valence-corrected chi connectivity index (χ2v) is 6.89. The number of phenols is 1. The average molecular weight is 396 g/mol. The molecule has 0 radical (unpaired) electrons. The molecule has 2 N–H and O–H groups in total. The van der Waals surface area contributed by atoms with Crippen LogP contribution in [0.3, 0.4) is 0 Å². The van der Waals surface area contributed by atoms with Crippen LogP contribution >= 0.6 is 0 Å². The predicted molar refractivity (Wildman–Crippen MR) is 117 cm³/mol. The number of carboxylic acid groups (broad SMARTS) is 1. The zero-order valence-electron chi connectivity index (χ0n) is 16.2. The Morgan fingerprint density at radius 1 is 0.700 bits per heavy atom. The van der Waals surface area contributed by atoms with Crippen LogP contribution in [-0.2, 0) is 6.61 Å². The third-order valence-electron chi connectivity index (χ3n) is 4.87. The minimum atomic E-state index is -1.17. The number of aromatic hydroxyl groups is 1. The van der Waals surface area contributed by atoms with E-state index in [1.165, 1.54) is 6.07 Å². The van der Waals surface area contributed by atoms with Gasteiger partial charge in [0.25, 0.3) is 0 Å². The lowest BCUT2D eigenvalue weighted by molar-refractivity contribution is 0.0693. The fourth-order valence-electron chi connectivity index (χ4n) is 3.32. The van der Waals surface area contributed by atoms with Gasteiger partial charge in [0.2, 0.25) is 0 Å². The van der Waals surface area contributed by atoms with Crippen molar-refractivity contribution in [3.8, 4) is 33.8 Å². The Labute approximate surface area is 174 Å². The highest BCUT2D eigenvalue weighted by Crippen LogP contribution is 2.32. The molecule has 0 unspecified atom stereocenters. The molecule has 0 aliphatic rings. The second kappa shape index (κ2) is 8.53. The third kappa shape index (κ3) is 4.18. The van der Waals surface area contributed by atoms with E-state index in [9.17, 15) is 15.0 Å². The maximum absolute atomic E-state index is 11.3. The molecule has 4 rings (SSSR count). The van der Waals surface area contributed by atoms with Gasteiger partial charge in [-0.3, -0.25) is 0 Å². The molecule has 0 fully saturated rings. The first-order chi connectivity index (χ1) is 14.6. The Hall–Kier alpha value is -4.05. The molecule has 4 heteroatoms. The van der Waals surface area contributed by atoms with Gasteiger partial charge in [-0.05, 0) is 46.5 Å². The highest BCUT2D eigenvalue weighted by Gasteiger charge is 2.14. The van der Waals surface area contributed by atoms with Crippen molar-refractivity contribution in [2.75, 3.05) is 0 Å². The van der Waals surface area contributed by atoms with Crippen LogP contribution in [0.1, 0.15) is 15.9 Å². The summed E-state index contributed by atoms with van der Waals surface area (Å²) in [6.45, 7) is 0.0550. The molecule has 0 spiro atoms. The number of aromatic carboxylic acids is 1. The topological polar surface area (TPSA) is 66.8 Å². The minimum absolute atomic E-state index is 0.0550. The molecule has 4 aromatic carbocycles. The molecule has 0 amide bonds. The number of para-hydroxylation sites is 1. The molecule has 0 heterocycles. The Kier molecular flexibility index (Phi) is 5.48. The van der Waals surface area contributed by atoms with E-state index in [0.717, 1.165) is 22.3 Å². The number of hydrogen-bond donors (Lipinski definition) is 2. The summed E-state index contributed by atoms with van der Waals surface area (Å²) < 4.78 is 5.98. The fourth-order valence-corrected chi connectivity index (χ4v) is 3.32. The van der Waals surface area contributed by atoms with Gasteiger partial charge < -0.3 is 14.9 Å². The van der Waals surface area contributed by atoms with Crippen LogP contribution in [0.5, 0.6) is 11.5 Å². The number of benzene rings is 4.